The van der Waals surface area contributed by atoms with E-state index in [1.807, 2.05) is 0 Å². The zero-order valence-corrected chi connectivity index (χ0v) is 11.1. The van der Waals surface area contributed by atoms with E-state index in [9.17, 15) is 4.79 Å². The molecule has 20 heavy (non-hydrogen) atoms. The third-order valence-corrected chi connectivity index (χ3v) is 3.32. The average Bonchev–Trinajstić information content (AvgIpc) is 2.51. The van der Waals surface area contributed by atoms with E-state index < -0.39 is 0 Å². The van der Waals surface area contributed by atoms with E-state index in [1.165, 1.54) is 10.8 Å². The molecule has 0 amide bonds. The van der Waals surface area contributed by atoms with Gasteiger partial charge >= 0.3 is 0 Å². The molecule has 3 rings (SSSR count). The van der Waals surface area contributed by atoms with Crippen molar-refractivity contribution >= 4 is 0 Å². The summed E-state index contributed by atoms with van der Waals surface area (Å²) < 4.78 is 1.24. The van der Waals surface area contributed by atoms with Crippen LogP contribution in [0.25, 0.3) is 0 Å². The first kappa shape index (κ1) is 12.8. The predicted molar refractivity (Wildman–Crippen MR) is 72.6 cm³/mol. The average molecular weight is 272 g/mol. The van der Waals surface area contributed by atoms with Gasteiger partial charge in [-0.05, 0) is 31.4 Å². The summed E-state index contributed by atoms with van der Waals surface area (Å²) in [5, 5.41) is 1.79. The number of hydroxylamine groups is 2. The molecule has 2 aromatic rings. The Morgan fingerprint density at radius 3 is 2.80 bits per heavy atom. The Balaban J connectivity index is 1.83. The van der Waals surface area contributed by atoms with Crippen molar-refractivity contribution in [1.29, 1.82) is 0 Å². The van der Waals surface area contributed by atoms with E-state index in [1.54, 1.807) is 41.9 Å². The molecule has 6 heteroatoms. The Kier molecular flexibility index (Phi) is 3.73. The normalized spacial score (nSPS) is 19.7. The molecule has 1 fully saturated rings. The fraction of sp³-hybridized carbons (Fsp3) is 0.357. The molecule has 0 N–H and O–H groups in total. The van der Waals surface area contributed by atoms with Gasteiger partial charge in [0, 0.05) is 25.0 Å². The summed E-state index contributed by atoms with van der Waals surface area (Å²) in [6, 6.07) is 6.70. The zero-order chi connectivity index (χ0) is 13.8. The summed E-state index contributed by atoms with van der Waals surface area (Å²) in [7, 11) is 0. The first-order valence-corrected chi connectivity index (χ1v) is 6.74. The van der Waals surface area contributed by atoms with Gasteiger partial charge in [-0.15, -0.1) is 9.79 Å². The molecule has 2 aromatic heterocycles. The number of aromatic nitrogens is 3. The van der Waals surface area contributed by atoms with Crippen LogP contribution >= 0.6 is 0 Å². The molecule has 3 heterocycles. The van der Waals surface area contributed by atoms with Crippen molar-refractivity contribution in [2.24, 2.45) is 0 Å². The minimum atomic E-state index is -0.189. The van der Waals surface area contributed by atoms with Gasteiger partial charge in [0.05, 0.1) is 6.20 Å². The minimum absolute atomic E-state index is 0.0166. The van der Waals surface area contributed by atoms with Crippen LogP contribution in [-0.4, -0.2) is 26.3 Å². The van der Waals surface area contributed by atoms with Crippen LogP contribution in [-0.2, 0) is 0 Å². The molecule has 104 valence electrons. The highest BCUT2D eigenvalue weighted by Gasteiger charge is 2.28. The molecule has 1 atom stereocenters. The van der Waals surface area contributed by atoms with E-state index in [4.69, 9.17) is 4.94 Å². The molecule has 0 aliphatic carbocycles. The maximum absolute atomic E-state index is 11.7. The van der Waals surface area contributed by atoms with Crippen molar-refractivity contribution in [3.8, 4) is 0 Å². The fourth-order valence-corrected chi connectivity index (χ4v) is 2.34. The van der Waals surface area contributed by atoms with Crippen LogP contribution < -0.4 is 10.5 Å². The molecular formula is C14H16N4O2. The van der Waals surface area contributed by atoms with Crippen molar-refractivity contribution in [1.82, 2.24) is 19.8 Å². The van der Waals surface area contributed by atoms with Gasteiger partial charge in [-0.25, -0.2) is 9.97 Å². The van der Waals surface area contributed by atoms with Crippen LogP contribution in [0, 0.1) is 0 Å². The first-order chi connectivity index (χ1) is 9.84. The maximum atomic E-state index is 11.7. The van der Waals surface area contributed by atoms with Gasteiger partial charge in [0.15, 0.2) is 0 Å². The summed E-state index contributed by atoms with van der Waals surface area (Å²) in [6.07, 6.45) is 8.12. The van der Waals surface area contributed by atoms with Gasteiger partial charge in [0.2, 0.25) is 0 Å². The molecular weight excluding hydrogens is 256 g/mol. The summed E-state index contributed by atoms with van der Waals surface area (Å²) in [6.45, 7) is 0.754. The Labute approximate surface area is 116 Å². The monoisotopic (exact) mass is 272 g/mol. The molecule has 1 aliphatic rings. The van der Waals surface area contributed by atoms with Crippen molar-refractivity contribution in [2.75, 3.05) is 6.54 Å². The topological polar surface area (TPSA) is 60.2 Å². The number of hydrogen-bond acceptors (Lipinski definition) is 5. The zero-order valence-electron chi connectivity index (χ0n) is 11.1. The molecule has 0 saturated carbocycles. The van der Waals surface area contributed by atoms with Crippen LogP contribution in [0.2, 0.25) is 0 Å². The van der Waals surface area contributed by atoms with Gasteiger partial charge < -0.3 is 4.94 Å². The lowest BCUT2D eigenvalue weighted by Crippen LogP contribution is -2.43. The van der Waals surface area contributed by atoms with Crippen LogP contribution in [0.5, 0.6) is 0 Å². The minimum Gasteiger partial charge on any atom is -0.312 e. The second-order valence-corrected chi connectivity index (χ2v) is 4.71. The standard InChI is InChI=1S/C14H16N4O2/c19-13-7-2-4-11-18(13)20-17-10-3-1-6-12(17)14-15-8-5-9-16-14/h2,4-5,7-9,11-12H,1,3,6,10H2. The number of piperidine rings is 1. The van der Waals surface area contributed by atoms with E-state index >= 15 is 0 Å². The summed E-state index contributed by atoms with van der Waals surface area (Å²) in [5.74, 6) is 0.733. The number of hydrogen-bond donors (Lipinski definition) is 0. The summed E-state index contributed by atoms with van der Waals surface area (Å²) in [5.41, 5.74) is -0.189. The highest BCUT2D eigenvalue weighted by molar-refractivity contribution is 4.97. The third-order valence-electron chi connectivity index (χ3n) is 3.32. The number of rotatable bonds is 3. The Bertz CT molecular complexity index is 614. The van der Waals surface area contributed by atoms with Crippen LogP contribution in [0.4, 0.5) is 0 Å². The summed E-state index contributed by atoms with van der Waals surface area (Å²) in [4.78, 5) is 26.0. The molecule has 1 unspecified atom stereocenters. The smallest absolute Gasteiger partial charge is 0.284 e. The molecule has 0 radical (unpaired) electrons. The van der Waals surface area contributed by atoms with E-state index in [0.717, 1.165) is 31.6 Å². The SMILES string of the molecule is O=c1ccccn1ON1CCCCC1c1ncccn1. The van der Waals surface area contributed by atoms with E-state index in [0.29, 0.717) is 0 Å². The molecule has 0 bridgehead atoms. The Hall–Kier alpha value is -2.21. The fourth-order valence-electron chi connectivity index (χ4n) is 2.34. The van der Waals surface area contributed by atoms with Crippen molar-refractivity contribution < 1.29 is 4.94 Å². The highest BCUT2D eigenvalue weighted by atomic mass is 16.8. The maximum Gasteiger partial charge on any atom is 0.284 e. The molecule has 1 aliphatic heterocycles. The number of pyridine rings is 1. The lowest BCUT2D eigenvalue weighted by Gasteiger charge is -2.32. The second kappa shape index (κ2) is 5.83. The van der Waals surface area contributed by atoms with Gasteiger partial charge in [-0.3, -0.25) is 4.79 Å². The Morgan fingerprint density at radius 1 is 1.15 bits per heavy atom. The third kappa shape index (κ3) is 2.70. The quantitative estimate of drug-likeness (QED) is 0.840. The molecule has 6 nitrogen and oxygen atoms in total. The largest absolute Gasteiger partial charge is 0.312 e. The van der Waals surface area contributed by atoms with Gasteiger partial charge in [0.25, 0.3) is 5.56 Å². The van der Waals surface area contributed by atoms with Crippen molar-refractivity contribution in [2.45, 2.75) is 25.3 Å². The molecule has 0 spiro atoms. The van der Waals surface area contributed by atoms with Crippen LogP contribution in [0.1, 0.15) is 31.1 Å². The Morgan fingerprint density at radius 2 is 2.00 bits per heavy atom. The van der Waals surface area contributed by atoms with Gasteiger partial charge in [0.1, 0.15) is 11.9 Å². The molecule has 1 saturated heterocycles. The predicted octanol–water partition coefficient (Wildman–Crippen LogP) is 1.21. The van der Waals surface area contributed by atoms with E-state index in [-0.39, 0.29) is 11.6 Å². The lowest BCUT2D eigenvalue weighted by atomic mass is 10.0. The van der Waals surface area contributed by atoms with Gasteiger partial charge in [-0.2, -0.15) is 0 Å². The molecule has 0 aromatic carbocycles. The van der Waals surface area contributed by atoms with Crippen molar-refractivity contribution in [3.05, 3.63) is 59.0 Å². The summed E-state index contributed by atoms with van der Waals surface area (Å²) >= 11 is 0. The van der Waals surface area contributed by atoms with Crippen LogP contribution in [0.15, 0.2) is 47.7 Å². The van der Waals surface area contributed by atoms with E-state index in [2.05, 4.69) is 9.97 Å². The number of nitrogens with zero attached hydrogens (tertiary/aromatic N) is 4. The first-order valence-electron chi connectivity index (χ1n) is 6.74. The van der Waals surface area contributed by atoms with Crippen LogP contribution in [0.3, 0.4) is 0 Å². The van der Waals surface area contributed by atoms with Gasteiger partial charge in [-0.1, -0.05) is 6.07 Å². The lowest BCUT2D eigenvalue weighted by molar-refractivity contribution is -0.206. The highest BCUT2D eigenvalue weighted by Crippen LogP contribution is 2.27. The van der Waals surface area contributed by atoms with Crippen molar-refractivity contribution in [3.63, 3.8) is 0 Å². The second-order valence-electron chi connectivity index (χ2n) is 4.71.